The van der Waals surface area contributed by atoms with Crippen molar-refractivity contribution in [2.75, 3.05) is 6.54 Å². The topological polar surface area (TPSA) is 86.3 Å². The number of carbonyl (C=O) groups excluding carboxylic acids is 1. The molecule has 0 radical (unpaired) electrons. The van der Waals surface area contributed by atoms with E-state index in [1.54, 1.807) is 11.3 Å². The van der Waals surface area contributed by atoms with Crippen LogP contribution < -0.4 is 5.56 Å². The minimum atomic E-state index is -4.59. The molecule has 1 saturated carbocycles. The third kappa shape index (κ3) is 4.37. The van der Waals surface area contributed by atoms with Gasteiger partial charge in [0.2, 0.25) is 0 Å². The number of nitrogens with one attached hydrogen (secondary N) is 1. The number of carbonyl (C=O) groups is 1. The number of aromatic amines is 1. The van der Waals surface area contributed by atoms with Crippen LogP contribution in [0.2, 0.25) is 0 Å². The molecule has 5 rings (SSSR count). The molecule has 36 heavy (non-hydrogen) atoms. The molecule has 10 heteroatoms. The maximum absolute atomic E-state index is 13.0. The summed E-state index contributed by atoms with van der Waals surface area (Å²) in [4.78, 5) is 36.2. The first kappa shape index (κ1) is 24.7. The maximum atomic E-state index is 13.0. The molecule has 6 nitrogen and oxygen atoms in total. The molecular weight excluding hydrogens is 491 g/mol. The van der Waals surface area contributed by atoms with Gasteiger partial charge in [-0.15, -0.1) is 11.3 Å². The van der Waals surface area contributed by atoms with E-state index in [2.05, 4.69) is 30.3 Å². The number of thiophene rings is 1. The van der Waals surface area contributed by atoms with Gasteiger partial charge in [0.25, 0.3) is 11.5 Å². The van der Waals surface area contributed by atoms with Gasteiger partial charge in [0.15, 0.2) is 6.10 Å². The highest BCUT2D eigenvalue weighted by atomic mass is 32.1. The van der Waals surface area contributed by atoms with Gasteiger partial charge in [-0.05, 0) is 53.5 Å². The molecule has 1 aliphatic heterocycles. The zero-order valence-corrected chi connectivity index (χ0v) is 20.7. The Kier molecular flexibility index (Phi) is 6.07. The van der Waals surface area contributed by atoms with Crippen LogP contribution in [0, 0.1) is 0 Å². The zero-order valence-electron chi connectivity index (χ0n) is 19.9. The lowest BCUT2D eigenvalue weighted by atomic mass is 9.99. The molecule has 2 aliphatic rings. The summed E-state index contributed by atoms with van der Waals surface area (Å²) in [5.41, 5.74) is 0.541. The minimum Gasteiger partial charge on any atom is -0.378 e. The van der Waals surface area contributed by atoms with Gasteiger partial charge in [-0.25, -0.2) is 4.98 Å². The van der Waals surface area contributed by atoms with E-state index < -0.39 is 23.8 Å². The van der Waals surface area contributed by atoms with Crippen molar-refractivity contribution < 1.29 is 23.1 Å². The number of rotatable bonds is 5. The number of hydrogen-bond donors (Lipinski definition) is 2. The number of hydrogen-bond acceptors (Lipinski definition) is 5. The highest BCUT2D eigenvalue weighted by molar-refractivity contribution is 7.10. The first-order valence-electron chi connectivity index (χ1n) is 11.8. The van der Waals surface area contributed by atoms with Crippen molar-refractivity contribution in [1.29, 1.82) is 0 Å². The zero-order chi connectivity index (χ0) is 25.8. The number of amides is 1. The van der Waals surface area contributed by atoms with E-state index in [1.165, 1.54) is 21.4 Å². The number of H-pyrrole nitrogens is 1. The van der Waals surface area contributed by atoms with Crippen molar-refractivity contribution in [3.8, 4) is 0 Å². The second kappa shape index (κ2) is 8.85. The Hall–Kier alpha value is -2.98. The fourth-order valence-corrected chi connectivity index (χ4v) is 6.00. The Morgan fingerprint density at radius 3 is 2.61 bits per heavy atom. The third-order valence-corrected chi connectivity index (χ3v) is 8.26. The molecule has 2 N–H and O–H groups in total. The number of aliphatic hydroxyl groups is 1. The summed E-state index contributed by atoms with van der Waals surface area (Å²) in [6.45, 7) is 4.43. The number of halogens is 3. The molecule has 0 unspecified atom stereocenters. The van der Waals surface area contributed by atoms with E-state index in [1.807, 2.05) is 0 Å². The van der Waals surface area contributed by atoms with Gasteiger partial charge < -0.3 is 15.0 Å². The first-order chi connectivity index (χ1) is 17.0. The second-order valence-electron chi connectivity index (χ2n) is 9.86. The summed E-state index contributed by atoms with van der Waals surface area (Å²) < 4.78 is 39.1. The molecule has 1 aromatic carbocycles. The quantitative estimate of drug-likeness (QED) is 0.515. The summed E-state index contributed by atoms with van der Waals surface area (Å²) in [5, 5.41) is 12.7. The van der Waals surface area contributed by atoms with Crippen molar-refractivity contribution in [2.24, 2.45) is 0 Å². The Morgan fingerprint density at radius 2 is 1.97 bits per heavy atom. The van der Waals surface area contributed by atoms with Gasteiger partial charge in [0, 0.05) is 17.8 Å². The molecule has 1 fully saturated rings. The van der Waals surface area contributed by atoms with Gasteiger partial charge in [0.05, 0.1) is 28.8 Å². The summed E-state index contributed by atoms with van der Waals surface area (Å²) >= 11 is 1.68. The smallest absolute Gasteiger partial charge is 0.378 e. The number of benzene rings is 1. The van der Waals surface area contributed by atoms with Gasteiger partial charge in [-0.2, -0.15) is 13.2 Å². The Labute approximate surface area is 209 Å². The highest BCUT2D eigenvalue weighted by Gasteiger charge is 2.50. The first-order valence-corrected chi connectivity index (χ1v) is 12.7. The van der Waals surface area contributed by atoms with Gasteiger partial charge in [-0.3, -0.25) is 9.59 Å². The van der Waals surface area contributed by atoms with E-state index >= 15 is 0 Å². The maximum Gasteiger partial charge on any atom is 0.416 e. The molecule has 3 heterocycles. The van der Waals surface area contributed by atoms with E-state index in [-0.39, 0.29) is 29.6 Å². The van der Waals surface area contributed by atoms with Crippen LogP contribution in [-0.4, -0.2) is 32.4 Å². The Balaban J connectivity index is 1.37. The molecule has 0 saturated heterocycles. The van der Waals surface area contributed by atoms with Gasteiger partial charge >= 0.3 is 6.18 Å². The molecule has 2 aromatic heterocycles. The lowest BCUT2D eigenvalue weighted by Gasteiger charge is -2.30. The van der Waals surface area contributed by atoms with E-state index in [0.717, 1.165) is 31.0 Å². The van der Waals surface area contributed by atoms with Crippen molar-refractivity contribution in [3.63, 3.8) is 0 Å². The Morgan fingerprint density at radius 1 is 1.22 bits per heavy atom. The molecule has 3 aromatic rings. The van der Waals surface area contributed by atoms with Crippen LogP contribution >= 0.6 is 11.3 Å². The fourth-order valence-electron chi connectivity index (χ4n) is 4.67. The number of aromatic nitrogens is 2. The van der Waals surface area contributed by atoms with E-state index in [4.69, 9.17) is 4.98 Å². The normalized spacial score (nSPS) is 17.7. The molecule has 1 aliphatic carbocycles. The predicted molar refractivity (Wildman–Crippen MR) is 129 cm³/mol. The number of nitrogens with zero attached hydrogens (tertiary/aromatic N) is 2. The summed E-state index contributed by atoms with van der Waals surface area (Å²) in [5.74, 6) is 0.310. The molecule has 1 atom stereocenters. The number of alkyl halides is 3. The monoisotopic (exact) mass is 517 g/mol. The average Bonchev–Trinajstić information content (AvgIpc) is 3.50. The second-order valence-corrected chi connectivity index (χ2v) is 10.8. The standard InChI is InChI=1S/C26H26F3N3O3S/c1-14(2)16-11-20(36-13-16)25(7-8-25)24-30-19-6-9-32(12-18(19)22(34)31-24)23(35)21(33)15-4-3-5-17(10-15)26(27,28)29/h3-5,10-11,13-14,21,33H,6-9,12H2,1-2H3,(H,30,31,34)/t21-/m1/s1. The van der Waals surface area contributed by atoms with Crippen LogP contribution in [0.15, 0.2) is 40.5 Å². The third-order valence-electron chi connectivity index (χ3n) is 7.11. The number of aliphatic hydroxyl groups excluding tert-OH is 1. The van der Waals surface area contributed by atoms with Gasteiger partial charge in [0.1, 0.15) is 5.82 Å². The molecule has 0 bridgehead atoms. The lowest BCUT2D eigenvalue weighted by molar-refractivity contribution is -0.142. The van der Waals surface area contributed by atoms with Crippen LogP contribution in [0.4, 0.5) is 13.2 Å². The molecule has 0 spiro atoms. The minimum absolute atomic E-state index is 0.0592. The van der Waals surface area contributed by atoms with Crippen LogP contribution in [0.3, 0.4) is 0 Å². The largest absolute Gasteiger partial charge is 0.416 e. The Bertz CT molecular complexity index is 1370. The van der Waals surface area contributed by atoms with Crippen LogP contribution in [-0.2, 0) is 29.4 Å². The summed E-state index contributed by atoms with van der Waals surface area (Å²) in [7, 11) is 0. The highest BCUT2D eigenvalue weighted by Crippen LogP contribution is 2.54. The van der Waals surface area contributed by atoms with Crippen molar-refractivity contribution >= 4 is 17.2 Å². The summed E-state index contributed by atoms with van der Waals surface area (Å²) in [6.07, 6.45) is -4.21. The average molecular weight is 518 g/mol. The van der Waals surface area contributed by atoms with Crippen LogP contribution in [0.25, 0.3) is 0 Å². The molecular formula is C26H26F3N3O3S. The molecule has 1 amide bonds. The van der Waals surface area contributed by atoms with Crippen molar-refractivity contribution in [2.45, 2.75) is 63.3 Å². The molecule has 190 valence electrons. The predicted octanol–water partition coefficient (Wildman–Crippen LogP) is 4.67. The SMILES string of the molecule is CC(C)c1csc(C2(c3nc4c(c(=O)[nH]3)CN(C(=O)[C@H](O)c3cccc(C(F)(F)F)c3)CC4)CC2)c1. The van der Waals surface area contributed by atoms with E-state index in [9.17, 15) is 27.9 Å². The van der Waals surface area contributed by atoms with Crippen LogP contribution in [0.5, 0.6) is 0 Å². The van der Waals surface area contributed by atoms with Crippen molar-refractivity contribution in [1.82, 2.24) is 14.9 Å². The number of fused-ring (bicyclic) bond motifs is 1. The van der Waals surface area contributed by atoms with E-state index in [0.29, 0.717) is 29.4 Å². The fraction of sp³-hybridized carbons (Fsp3) is 0.423. The lowest BCUT2D eigenvalue weighted by Crippen LogP contribution is -2.42. The van der Waals surface area contributed by atoms with Gasteiger partial charge in [-0.1, -0.05) is 26.0 Å². The summed E-state index contributed by atoms with van der Waals surface area (Å²) in [6, 6.07) is 6.28. The van der Waals surface area contributed by atoms with Crippen LogP contribution in [0.1, 0.15) is 77.4 Å². The van der Waals surface area contributed by atoms with Crippen molar-refractivity contribution in [3.05, 3.63) is 84.7 Å².